The van der Waals surface area contributed by atoms with E-state index in [-0.39, 0.29) is 42.8 Å². The Balaban J connectivity index is 1.43. The third-order valence-corrected chi connectivity index (χ3v) is 8.60. The molecule has 2 N–H and O–H groups in total. The Kier molecular flexibility index (Phi) is 8.74. The van der Waals surface area contributed by atoms with Crippen LogP contribution < -0.4 is 15.8 Å². The van der Waals surface area contributed by atoms with Gasteiger partial charge in [-0.3, -0.25) is 14.5 Å². The van der Waals surface area contributed by atoms with Crippen LogP contribution in [0.4, 0.5) is 38.1 Å². The van der Waals surface area contributed by atoms with Gasteiger partial charge >= 0.3 is 6.09 Å². The van der Waals surface area contributed by atoms with E-state index in [0.717, 1.165) is 6.20 Å². The number of carbonyl (C=O) groups excluding carboxylic acids is 2. The molecule has 1 aromatic heterocycles. The standard InChI is InChI=1S/C30H34F5N5O4/c1-16-14-40(15-17(2)38(16)3)25-10-23(31)20(8-24(25)37-28(42)22-13-36-26(41)9-21(22)27(32)33)18-4-6-39(7-5-18)29(43)44-19-11-30(34,35)12-19/h4,8-10,13,16-17,19,27H,5-7,11-12,14-15H2,1-3H3,(H,36,41)(H,37,42)/t16-,17+. The first kappa shape index (κ1) is 31.5. The van der Waals surface area contributed by atoms with Crippen LogP contribution in [0.3, 0.4) is 0 Å². The molecule has 1 aliphatic carbocycles. The van der Waals surface area contributed by atoms with E-state index >= 15 is 4.39 Å². The monoisotopic (exact) mass is 623 g/mol. The van der Waals surface area contributed by atoms with Crippen LogP contribution in [-0.4, -0.2) is 84.1 Å². The third kappa shape index (κ3) is 6.59. The number of piperazine rings is 1. The van der Waals surface area contributed by atoms with E-state index in [4.69, 9.17) is 4.74 Å². The first-order valence-corrected chi connectivity index (χ1v) is 14.4. The summed E-state index contributed by atoms with van der Waals surface area (Å²) in [5, 5.41) is 2.67. The van der Waals surface area contributed by atoms with Gasteiger partial charge in [0, 0.05) is 74.5 Å². The van der Waals surface area contributed by atoms with Crippen molar-refractivity contribution in [2.75, 3.05) is 43.4 Å². The zero-order valence-electron chi connectivity index (χ0n) is 24.5. The van der Waals surface area contributed by atoms with Crippen molar-refractivity contribution in [2.24, 2.45) is 0 Å². The van der Waals surface area contributed by atoms with Crippen LogP contribution in [0, 0.1) is 5.82 Å². The lowest BCUT2D eigenvalue weighted by molar-refractivity contribution is -0.147. The van der Waals surface area contributed by atoms with Crippen molar-refractivity contribution in [1.82, 2.24) is 14.8 Å². The summed E-state index contributed by atoms with van der Waals surface area (Å²) in [6.45, 7) is 5.26. The number of alkyl halides is 4. The van der Waals surface area contributed by atoms with E-state index < -0.39 is 65.8 Å². The molecule has 2 aliphatic heterocycles. The molecule has 1 saturated carbocycles. The molecule has 2 fully saturated rings. The van der Waals surface area contributed by atoms with Gasteiger partial charge in [-0.25, -0.2) is 26.7 Å². The summed E-state index contributed by atoms with van der Waals surface area (Å²) in [5.41, 5.74) is -0.683. The minimum absolute atomic E-state index is 0.0583. The fourth-order valence-corrected chi connectivity index (χ4v) is 5.81. The number of carbonyl (C=O) groups is 2. The summed E-state index contributed by atoms with van der Waals surface area (Å²) in [5.74, 6) is -4.30. The van der Waals surface area contributed by atoms with E-state index in [2.05, 4.69) is 15.2 Å². The van der Waals surface area contributed by atoms with Gasteiger partial charge in [-0.2, -0.15) is 0 Å². The molecule has 238 valence electrons. The van der Waals surface area contributed by atoms with Crippen molar-refractivity contribution in [3.8, 4) is 0 Å². The van der Waals surface area contributed by atoms with Gasteiger partial charge in [0.25, 0.3) is 18.3 Å². The van der Waals surface area contributed by atoms with Gasteiger partial charge in [-0.15, -0.1) is 0 Å². The average Bonchev–Trinajstić information content (AvgIpc) is 2.95. The first-order chi connectivity index (χ1) is 20.7. The highest BCUT2D eigenvalue weighted by Gasteiger charge is 2.48. The topological polar surface area (TPSA) is 98.0 Å². The summed E-state index contributed by atoms with van der Waals surface area (Å²) in [6, 6.07) is 3.59. The minimum atomic E-state index is -3.08. The number of benzene rings is 1. The number of likely N-dealkylation sites (N-methyl/N-ethyl adjacent to an activating group) is 1. The van der Waals surface area contributed by atoms with Gasteiger partial charge < -0.3 is 24.8 Å². The molecule has 0 bridgehead atoms. The molecule has 2 amide bonds. The number of nitrogens with one attached hydrogen (secondary N) is 2. The second-order valence-electron chi connectivity index (χ2n) is 11.7. The van der Waals surface area contributed by atoms with Gasteiger partial charge in [0.2, 0.25) is 5.56 Å². The summed E-state index contributed by atoms with van der Waals surface area (Å²) >= 11 is 0. The van der Waals surface area contributed by atoms with Gasteiger partial charge in [-0.05, 0) is 45.0 Å². The lowest BCUT2D eigenvalue weighted by Crippen LogP contribution is -2.55. The summed E-state index contributed by atoms with van der Waals surface area (Å²) in [4.78, 5) is 45.1. The highest BCUT2D eigenvalue weighted by molar-refractivity contribution is 6.07. The Hall–Kier alpha value is -3.94. The van der Waals surface area contributed by atoms with Crippen molar-refractivity contribution < 1.29 is 36.3 Å². The number of anilines is 2. The molecule has 3 heterocycles. The highest BCUT2D eigenvalue weighted by Crippen LogP contribution is 2.40. The molecule has 1 saturated heterocycles. The van der Waals surface area contributed by atoms with E-state index in [1.807, 2.05) is 25.8 Å². The van der Waals surface area contributed by atoms with Gasteiger partial charge in [0.05, 0.1) is 16.9 Å². The van der Waals surface area contributed by atoms with E-state index in [1.54, 1.807) is 6.08 Å². The van der Waals surface area contributed by atoms with Crippen molar-refractivity contribution in [2.45, 2.75) is 63.6 Å². The number of hydrogen-bond donors (Lipinski definition) is 2. The molecular formula is C30H34F5N5O4. The van der Waals surface area contributed by atoms with Gasteiger partial charge in [0.15, 0.2) is 0 Å². The number of rotatable bonds is 6. The predicted octanol–water partition coefficient (Wildman–Crippen LogP) is 5.26. The number of hydrogen-bond acceptors (Lipinski definition) is 6. The minimum Gasteiger partial charge on any atom is -0.446 e. The van der Waals surface area contributed by atoms with Crippen LogP contribution >= 0.6 is 0 Å². The van der Waals surface area contributed by atoms with E-state index in [0.29, 0.717) is 30.4 Å². The Morgan fingerprint density at radius 1 is 1.11 bits per heavy atom. The first-order valence-electron chi connectivity index (χ1n) is 14.4. The zero-order chi connectivity index (χ0) is 31.9. The molecular weight excluding hydrogens is 589 g/mol. The normalized spacial score (nSPS) is 22.4. The van der Waals surface area contributed by atoms with Crippen LogP contribution in [0.25, 0.3) is 5.57 Å². The van der Waals surface area contributed by atoms with Crippen LogP contribution in [-0.2, 0) is 4.74 Å². The number of H-pyrrole nitrogens is 1. The number of amides is 2. The van der Waals surface area contributed by atoms with Crippen LogP contribution in [0.2, 0.25) is 0 Å². The third-order valence-electron chi connectivity index (χ3n) is 8.60. The lowest BCUT2D eigenvalue weighted by Gasteiger charge is -2.44. The molecule has 0 unspecified atom stereocenters. The smallest absolute Gasteiger partial charge is 0.410 e. The number of ether oxygens (including phenoxy) is 1. The van der Waals surface area contributed by atoms with Gasteiger partial charge in [0.1, 0.15) is 11.9 Å². The molecule has 2 aromatic rings. The highest BCUT2D eigenvalue weighted by atomic mass is 19.3. The largest absolute Gasteiger partial charge is 0.446 e. The number of nitrogens with zero attached hydrogens (tertiary/aromatic N) is 3. The lowest BCUT2D eigenvalue weighted by atomic mass is 9.91. The number of aromatic amines is 1. The van der Waals surface area contributed by atoms with Crippen LogP contribution in [0.1, 0.15) is 61.0 Å². The Bertz CT molecular complexity index is 1510. The van der Waals surface area contributed by atoms with Crippen LogP contribution in [0.5, 0.6) is 0 Å². The fraction of sp³-hybridized carbons (Fsp3) is 0.500. The second-order valence-corrected chi connectivity index (χ2v) is 11.7. The summed E-state index contributed by atoms with van der Waals surface area (Å²) < 4.78 is 74.5. The van der Waals surface area contributed by atoms with Crippen molar-refractivity contribution in [3.63, 3.8) is 0 Å². The molecule has 1 aromatic carbocycles. The molecule has 0 spiro atoms. The maximum absolute atomic E-state index is 15.8. The van der Waals surface area contributed by atoms with Crippen molar-refractivity contribution in [1.29, 1.82) is 0 Å². The fourth-order valence-electron chi connectivity index (χ4n) is 5.81. The molecule has 9 nitrogen and oxygen atoms in total. The van der Waals surface area contributed by atoms with E-state index in [1.165, 1.54) is 17.0 Å². The van der Waals surface area contributed by atoms with E-state index in [9.17, 15) is 31.9 Å². The number of pyridine rings is 1. The number of halogens is 5. The predicted molar refractivity (Wildman–Crippen MR) is 154 cm³/mol. The van der Waals surface area contributed by atoms with Gasteiger partial charge in [-0.1, -0.05) is 6.08 Å². The zero-order valence-corrected chi connectivity index (χ0v) is 24.5. The molecule has 3 aliphatic rings. The van der Waals surface area contributed by atoms with Crippen LogP contribution in [0.15, 0.2) is 35.3 Å². The maximum atomic E-state index is 15.8. The Labute approximate surface area is 250 Å². The molecule has 0 radical (unpaired) electrons. The van der Waals surface area contributed by atoms with Crippen molar-refractivity contribution in [3.05, 3.63) is 63.3 Å². The SMILES string of the molecule is C[C@@H]1CN(c2cc(F)c(C3=CCN(C(=O)OC4CC(F)(F)C4)CC3)cc2NC(=O)c2c[nH]c(=O)cc2C(F)F)C[C@H](C)N1C. The van der Waals surface area contributed by atoms with Crippen molar-refractivity contribution >= 4 is 28.9 Å². The Morgan fingerprint density at radius 3 is 2.39 bits per heavy atom. The molecule has 14 heteroatoms. The maximum Gasteiger partial charge on any atom is 0.410 e. The molecule has 2 atom stereocenters. The molecule has 44 heavy (non-hydrogen) atoms. The summed E-state index contributed by atoms with van der Waals surface area (Å²) in [6.07, 6.45) is -2.90. The Morgan fingerprint density at radius 2 is 1.80 bits per heavy atom. The second kappa shape index (κ2) is 12.2. The molecule has 5 rings (SSSR count). The average molecular weight is 624 g/mol. The quantitative estimate of drug-likeness (QED) is 0.427. The summed E-state index contributed by atoms with van der Waals surface area (Å²) in [7, 11) is 1.98. The number of aromatic nitrogens is 1.